The quantitative estimate of drug-likeness (QED) is 0.129. The summed E-state index contributed by atoms with van der Waals surface area (Å²) in [6.45, 7) is 5.73. The Morgan fingerprint density at radius 2 is 0.781 bits per heavy atom. The van der Waals surface area contributed by atoms with Crippen LogP contribution in [-0.2, 0) is 33.5 Å². The molecule has 0 radical (unpaired) electrons. The summed E-state index contributed by atoms with van der Waals surface area (Å²) in [7, 11) is -4.39. The second kappa shape index (κ2) is 25.3. The second-order valence-corrected chi connectivity index (χ2v) is 9.03. The van der Waals surface area contributed by atoms with E-state index in [1.165, 1.54) is 77.0 Å². The molecule has 0 bridgehead atoms. The number of hydrogen-bond donors (Lipinski definition) is 1. The van der Waals surface area contributed by atoms with E-state index in [0.717, 1.165) is 13.0 Å². The summed E-state index contributed by atoms with van der Waals surface area (Å²) in [5, 5.41) is 0. The summed E-state index contributed by atoms with van der Waals surface area (Å²) in [4.78, 5) is 0. The molecule has 32 heavy (non-hydrogen) atoms. The van der Waals surface area contributed by atoms with Gasteiger partial charge in [-0.05, 0) is 6.42 Å². The van der Waals surface area contributed by atoms with Crippen molar-refractivity contribution >= 4 is 10.4 Å². The first-order valence-electron chi connectivity index (χ1n) is 12.5. The molecule has 0 saturated carbocycles. The summed E-state index contributed by atoms with van der Waals surface area (Å²) >= 11 is 0. The fourth-order valence-electron chi connectivity index (χ4n) is 3.18. The van der Waals surface area contributed by atoms with Crippen molar-refractivity contribution in [3.63, 3.8) is 0 Å². The Labute approximate surface area is 196 Å². The number of unbranched alkanes of at least 4 members (excludes halogenated alkanes) is 12. The SMILES string of the molecule is CCCCCCCCCCCCCCCOCCOCCOCCOCCOS(=O)(=O)O. The maximum atomic E-state index is 10.3. The maximum Gasteiger partial charge on any atom is 0.397 e. The molecule has 0 amide bonds. The first-order chi connectivity index (χ1) is 15.6. The zero-order chi connectivity index (χ0) is 23.6. The minimum atomic E-state index is -4.39. The largest absolute Gasteiger partial charge is 0.397 e. The topological polar surface area (TPSA) is 101 Å². The van der Waals surface area contributed by atoms with E-state index in [0.29, 0.717) is 39.6 Å². The van der Waals surface area contributed by atoms with Crippen LogP contribution in [0.25, 0.3) is 0 Å². The van der Waals surface area contributed by atoms with Gasteiger partial charge < -0.3 is 18.9 Å². The van der Waals surface area contributed by atoms with E-state index in [9.17, 15) is 8.42 Å². The number of hydrogen-bond acceptors (Lipinski definition) is 7. The first-order valence-corrected chi connectivity index (χ1v) is 13.9. The molecule has 0 saturated heterocycles. The highest BCUT2D eigenvalue weighted by atomic mass is 32.3. The lowest BCUT2D eigenvalue weighted by Crippen LogP contribution is -2.14. The Bertz CT molecular complexity index is 459. The lowest BCUT2D eigenvalue weighted by molar-refractivity contribution is -0.00498. The van der Waals surface area contributed by atoms with Crippen LogP contribution in [0.15, 0.2) is 0 Å². The van der Waals surface area contributed by atoms with Crippen molar-refractivity contribution in [2.75, 3.05) is 59.5 Å². The normalized spacial score (nSPS) is 11.9. The Morgan fingerprint density at radius 1 is 0.469 bits per heavy atom. The molecular formula is C23H48O8S. The first kappa shape index (κ1) is 31.7. The van der Waals surface area contributed by atoms with Gasteiger partial charge in [-0.15, -0.1) is 0 Å². The average Bonchev–Trinajstić information content (AvgIpc) is 2.75. The molecule has 0 aromatic rings. The van der Waals surface area contributed by atoms with Crippen molar-refractivity contribution in [3.05, 3.63) is 0 Å². The minimum Gasteiger partial charge on any atom is -0.379 e. The van der Waals surface area contributed by atoms with Gasteiger partial charge in [0.2, 0.25) is 0 Å². The van der Waals surface area contributed by atoms with Gasteiger partial charge in [-0.1, -0.05) is 84.0 Å². The molecule has 1 N–H and O–H groups in total. The molecule has 0 atom stereocenters. The van der Waals surface area contributed by atoms with Gasteiger partial charge >= 0.3 is 10.4 Å². The standard InChI is InChI=1S/C23H48O8S/c1-2-3-4-5-6-7-8-9-10-11-12-13-14-15-27-16-17-28-18-19-29-20-21-30-22-23-31-32(24,25)26/h2-23H2,1H3,(H,24,25,26). The van der Waals surface area contributed by atoms with Gasteiger partial charge in [-0.2, -0.15) is 8.42 Å². The molecule has 0 aromatic heterocycles. The van der Waals surface area contributed by atoms with Gasteiger partial charge in [0.1, 0.15) is 0 Å². The van der Waals surface area contributed by atoms with Gasteiger partial charge in [0, 0.05) is 6.61 Å². The van der Waals surface area contributed by atoms with Crippen LogP contribution in [0.3, 0.4) is 0 Å². The molecular weight excluding hydrogens is 436 g/mol. The van der Waals surface area contributed by atoms with E-state index >= 15 is 0 Å². The van der Waals surface area contributed by atoms with E-state index in [1.807, 2.05) is 0 Å². The van der Waals surface area contributed by atoms with Crippen molar-refractivity contribution < 1.29 is 36.1 Å². The molecule has 194 valence electrons. The van der Waals surface area contributed by atoms with E-state index in [-0.39, 0.29) is 13.2 Å². The van der Waals surface area contributed by atoms with Crippen molar-refractivity contribution in [3.8, 4) is 0 Å². The van der Waals surface area contributed by atoms with E-state index in [1.54, 1.807) is 0 Å². The van der Waals surface area contributed by atoms with Crippen molar-refractivity contribution in [2.24, 2.45) is 0 Å². The summed E-state index contributed by atoms with van der Waals surface area (Å²) in [5.74, 6) is 0. The molecule has 0 fully saturated rings. The summed E-state index contributed by atoms with van der Waals surface area (Å²) in [5.41, 5.74) is 0. The zero-order valence-corrected chi connectivity index (χ0v) is 21.1. The zero-order valence-electron chi connectivity index (χ0n) is 20.3. The minimum absolute atomic E-state index is 0.0657. The molecule has 0 aromatic carbocycles. The number of ether oxygens (including phenoxy) is 4. The maximum absolute atomic E-state index is 10.3. The Kier molecular flexibility index (Phi) is 25.1. The van der Waals surface area contributed by atoms with E-state index in [4.69, 9.17) is 23.5 Å². The van der Waals surface area contributed by atoms with Gasteiger partial charge in [0.05, 0.1) is 52.9 Å². The van der Waals surface area contributed by atoms with Gasteiger partial charge in [0.15, 0.2) is 0 Å². The van der Waals surface area contributed by atoms with E-state index in [2.05, 4.69) is 11.1 Å². The van der Waals surface area contributed by atoms with E-state index < -0.39 is 10.4 Å². The van der Waals surface area contributed by atoms with Gasteiger partial charge in [-0.25, -0.2) is 4.18 Å². The predicted octanol–water partition coefficient (Wildman–Crippen LogP) is 4.96. The Balaban J connectivity index is 3.04. The molecule has 0 spiro atoms. The molecule has 8 nitrogen and oxygen atoms in total. The lowest BCUT2D eigenvalue weighted by atomic mass is 10.0. The molecule has 0 rings (SSSR count). The van der Waals surface area contributed by atoms with Crippen molar-refractivity contribution in [1.29, 1.82) is 0 Å². The third kappa shape index (κ3) is 29.7. The van der Waals surface area contributed by atoms with Gasteiger partial charge in [0.25, 0.3) is 0 Å². The van der Waals surface area contributed by atoms with Crippen LogP contribution in [0, 0.1) is 0 Å². The van der Waals surface area contributed by atoms with Gasteiger partial charge in [-0.3, -0.25) is 4.55 Å². The van der Waals surface area contributed by atoms with Crippen LogP contribution in [0.2, 0.25) is 0 Å². The summed E-state index contributed by atoms with van der Waals surface area (Å²) < 4.78 is 54.5. The highest BCUT2D eigenvalue weighted by molar-refractivity contribution is 7.80. The summed E-state index contributed by atoms with van der Waals surface area (Å²) in [6.07, 6.45) is 17.6. The highest BCUT2D eigenvalue weighted by Crippen LogP contribution is 2.12. The summed E-state index contributed by atoms with van der Waals surface area (Å²) in [6, 6.07) is 0. The monoisotopic (exact) mass is 484 g/mol. The highest BCUT2D eigenvalue weighted by Gasteiger charge is 2.02. The fraction of sp³-hybridized carbons (Fsp3) is 1.00. The van der Waals surface area contributed by atoms with Crippen molar-refractivity contribution in [2.45, 2.75) is 90.4 Å². The van der Waals surface area contributed by atoms with Crippen molar-refractivity contribution in [1.82, 2.24) is 0 Å². The molecule has 0 unspecified atom stereocenters. The third-order valence-electron chi connectivity index (χ3n) is 4.97. The molecule has 0 aliphatic rings. The molecule has 0 heterocycles. The predicted molar refractivity (Wildman–Crippen MR) is 126 cm³/mol. The molecule has 0 aliphatic heterocycles. The average molecular weight is 485 g/mol. The van der Waals surface area contributed by atoms with Crippen LogP contribution < -0.4 is 0 Å². The van der Waals surface area contributed by atoms with Crippen LogP contribution in [0.5, 0.6) is 0 Å². The molecule has 9 heteroatoms. The smallest absolute Gasteiger partial charge is 0.379 e. The fourth-order valence-corrected chi connectivity index (χ4v) is 3.46. The van der Waals surface area contributed by atoms with Crippen LogP contribution in [-0.4, -0.2) is 72.4 Å². The lowest BCUT2D eigenvalue weighted by Gasteiger charge is -2.07. The van der Waals surface area contributed by atoms with Crippen LogP contribution in [0.4, 0.5) is 0 Å². The number of rotatable bonds is 27. The van der Waals surface area contributed by atoms with Crippen LogP contribution >= 0.6 is 0 Å². The van der Waals surface area contributed by atoms with Crippen LogP contribution in [0.1, 0.15) is 90.4 Å². The third-order valence-corrected chi connectivity index (χ3v) is 5.43. The molecule has 0 aliphatic carbocycles. The Morgan fingerprint density at radius 3 is 1.16 bits per heavy atom. The Hall–Kier alpha value is -0.290. The second-order valence-electron chi connectivity index (χ2n) is 7.94.